The molecule has 2 aliphatic carbocycles. The van der Waals surface area contributed by atoms with Gasteiger partial charge >= 0.3 is 0 Å². The van der Waals surface area contributed by atoms with E-state index >= 15 is 0 Å². The SMILES string of the molecule is O=C(Cc1cc(Br)cc2c1OCC2)C1CC2CCC1C2. The largest absolute Gasteiger partial charge is 0.493 e. The third-order valence-corrected chi connectivity index (χ3v) is 5.80. The van der Waals surface area contributed by atoms with E-state index < -0.39 is 0 Å². The lowest BCUT2D eigenvalue weighted by atomic mass is 9.83. The number of ketones is 1. The lowest BCUT2D eigenvalue weighted by molar-refractivity contribution is -0.123. The predicted octanol–water partition coefficient (Wildman–Crippen LogP) is 3.93. The molecular weight excluding hydrogens is 316 g/mol. The van der Waals surface area contributed by atoms with E-state index in [1.165, 1.54) is 24.8 Å². The Labute approximate surface area is 128 Å². The lowest BCUT2D eigenvalue weighted by Crippen LogP contribution is -2.22. The number of fused-ring (bicyclic) bond motifs is 3. The standard InChI is InChI=1S/C17H19BrO2/c18-14-7-12-3-4-20-17(12)13(8-14)9-16(19)15-6-10-1-2-11(15)5-10/h7-8,10-11,15H,1-6,9H2. The maximum Gasteiger partial charge on any atom is 0.140 e. The van der Waals surface area contributed by atoms with Crippen LogP contribution >= 0.6 is 15.9 Å². The Bertz CT molecular complexity index is 566. The first-order valence-electron chi connectivity index (χ1n) is 7.67. The van der Waals surface area contributed by atoms with Crippen molar-refractivity contribution in [2.24, 2.45) is 17.8 Å². The summed E-state index contributed by atoms with van der Waals surface area (Å²) in [6, 6.07) is 4.18. The molecule has 0 amide bonds. The number of rotatable bonds is 3. The van der Waals surface area contributed by atoms with E-state index in [9.17, 15) is 4.79 Å². The van der Waals surface area contributed by atoms with E-state index in [1.807, 2.05) is 0 Å². The molecule has 0 radical (unpaired) electrons. The molecule has 3 unspecified atom stereocenters. The lowest BCUT2D eigenvalue weighted by Gasteiger charge is -2.20. The summed E-state index contributed by atoms with van der Waals surface area (Å²) in [6.07, 6.45) is 6.57. The second kappa shape index (κ2) is 4.87. The maximum atomic E-state index is 12.6. The van der Waals surface area contributed by atoms with Crippen LogP contribution in [0.5, 0.6) is 5.75 Å². The highest BCUT2D eigenvalue weighted by molar-refractivity contribution is 9.10. The molecule has 0 spiro atoms. The Hall–Kier alpha value is -0.830. The molecule has 0 aromatic heterocycles. The number of hydrogen-bond donors (Lipinski definition) is 0. The summed E-state index contributed by atoms with van der Waals surface area (Å²) in [5.41, 5.74) is 2.33. The monoisotopic (exact) mass is 334 g/mol. The number of hydrogen-bond acceptors (Lipinski definition) is 2. The number of Topliss-reactive ketones (excluding diaryl/α,β-unsaturated/α-hetero) is 1. The smallest absolute Gasteiger partial charge is 0.140 e. The van der Waals surface area contributed by atoms with Gasteiger partial charge in [-0.25, -0.2) is 0 Å². The molecule has 3 atom stereocenters. The van der Waals surface area contributed by atoms with E-state index in [0.29, 0.717) is 24.0 Å². The van der Waals surface area contributed by atoms with Gasteiger partial charge in [0.05, 0.1) is 6.61 Å². The third kappa shape index (κ3) is 2.11. The van der Waals surface area contributed by atoms with Crippen LogP contribution < -0.4 is 4.74 Å². The summed E-state index contributed by atoms with van der Waals surface area (Å²) in [6.45, 7) is 0.751. The minimum Gasteiger partial charge on any atom is -0.493 e. The molecule has 2 nitrogen and oxygen atoms in total. The van der Waals surface area contributed by atoms with E-state index in [0.717, 1.165) is 41.2 Å². The number of benzene rings is 1. The molecule has 3 aliphatic rings. The number of carbonyl (C=O) groups is 1. The summed E-state index contributed by atoms with van der Waals surface area (Å²) in [5, 5.41) is 0. The molecule has 1 heterocycles. The summed E-state index contributed by atoms with van der Waals surface area (Å²) in [4.78, 5) is 12.6. The Kier molecular flexibility index (Phi) is 3.13. The van der Waals surface area contributed by atoms with Crippen LogP contribution in [0.4, 0.5) is 0 Å². The highest BCUT2D eigenvalue weighted by Crippen LogP contribution is 2.49. The molecule has 1 aromatic rings. The van der Waals surface area contributed by atoms with Gasteiger partial charge in [0.1, 0.15) is 11.5 Å². The summed E-state index contributed by atoms with van der Waals surface area (Å²) in [5.74, 6) is 3.24. The van der Waals surface area contributed by atoms with Crippen LogP contribution in [0.15, 0.2) is 16.6 Å². The van der Waals surface area contributed by atoms with E-state index in [1.54, 1.807) is 0 Å². The molecule has 20 heavy (non-hydrogen) atoms. The Morgan fingerprint density at radius 3 is 2.95 bits per heavy atom. The molecule has 3 heteroatoms. The Morgan fingerprint density at radius 2 is 2.20 bits per heavy atom. The summed E-state index contributed by atoms with van der Waals surface area (Å²) < 4.78 is 6.80. The molecule has 1 aliphatic heterocycles. The van der Waals surface area contributed by atoms with Gasteiger partial charge in [-0.05, 0) is 48.8 Å². The molecule has 1 aromatic carbocycles. The van der Waals surface area contributed by atoms with Crippen molar-refractivity contribution < 1.29 is 9.53 Å². The van der Waals surface area contributed by atoms with Gasteiger partial charge in [0.2, 0.25) is 0 Å². The van der Waals surface area contributed by atoms with Crippen LogP contribution in [0, 0.1) is 17.8 Å². The van der Waals surface area contributed by atoms with E-state index in [2.05, 4.69) is 28.1 Å². The summed E-state index contributed by atoms with van der Waals surface area (Å²) in [7, 11) is 0. The number of halogens is 1. The number of ether oxygens (including phenoxy) is 1. The second-order valence-electron chi connectivity index (χ2n) is 6.58. The van der Waals surface area contributed by atoms with Crippen LogP contribution in [0.1, 0.15) is 36.8 Å². The zero-order valence-electron chi connectivity index (χ0n) is 11.5. The Balaban J connectivity index is 1.56. The highest BCUT2D eigenvalue weighted by atomic mass is 79.9. The zero-order valence-corrected chi connectivity index (χ0v) is 13.1. The van der Waals surface area contributed by atoms with E-state index in [4.69, 9.17) is 4.74 Å². The van der Waals surface area contributed by atoms with E-state index in [-0.39, 0.29) is 0 Å². The van der Waals surface area contributed by atoms with Crippen LogP contribution in [0.25, 0.3) is 0 Å². The van der Waals surface area contributed by atoms with Crippen LogP contribution in [-0.4, -0.2) is 12.4 Å². The van der Waals surface area contributed by atoms with Crippen molar-refractivity contribution >= 4 is 21.7 Å². The van der Waals surface area contributed by atoms with Gasteiger partial charge in [0.15, 0.2) is 0 Å². The average Bonchev–Trinajstić information content (AvgIpc) is 3.13. The van der Waals surface area contributed by atoms with Gasteiger partial charge in [-0.2, -0.15) is 0 Å². The molecule has 2 bridgehead atoms. The molecule has 0 saturated heterocycles. The topological polar surface area (TPSA) is 26.3 Å². The van der Waals surface area contributed by atoms with Gasteiger partial charge in [-0.3, -0.25) is 4.79 Å². The third-order valence-electron chi connectivity index (χ3n) is 5.34. The van der Waals surface area contributed by atoms with Gasteiger partial charge in [-0.15, -0.1) is 0 Å². The van der Waals surface area contributed by atoms with Crippen molar-refractivity contribution in [2.45, 2.75) is 38.5 Å². The minimum absolute atomic E-state index is 0.324. The maximum absolute atomic E-state index is 12.6. The Morgan fingerprint density at radius 1 is 1.30 bits per heavy atom. The van der Waals surface area contributed by atoms with Gasteiger partial charge in [0.25, 0.3) is 0 Å². The first-order valence-corrected chi connectivity index (χ1v) is 8.47. The molecule has 2 fully saturated rings. The summed E-state index contributed by atoms with van der Waals surface area (Å²) >= 11 is 3.55. The molecule has 0 N–H and O–H groups in total. The quantitative estimate of drug-likeness (QED) is 0.837. The van der Waals surface area contributed by atoms with Crippen molar-refractivity contribution in [3.63, 3.8) is 0 Å². The molecule has 2 saturated carbocycles. The van der Waals surface area contributed by atoms with Crippen molar-refractivity contribution in [3.8, 4) is 5.75 Å². The van der Waals surface area contributed by atoms with Crippen LogP contribution in [0.2, 0.25) is 0 Å². The second-order valence-corrected chi connectivity index (χ2v) is 7.49. The fourth-order valence-electron chi connectivity index (χ4n) is 4.44. The molecule has 106 valence electrons. The van der Waals surface area contributed by atoms with Crippen LogP contribution in [0.3, 0.4) is 0 Å². The molecule has 4 rings (SSSR count). The van der Waals surface area contributed by atoms with Gasteiger partial charge in [0, 0.05) is 28.8 Å². The minimum atomic E-state index is 0.324. The van der Waals surface area contributed by atoms with Crippen LogP contribution in [-0.2, 0) is 17.6 Å². The van der Waals surface area contributed by atoms with Gasteiger partial charge < -0.3 is 4.74 Å². The first-order chi connectivity index (χ1) is 9.70. The fraction of sp³-hybridized carbons (Fsp3) is 0.588. The van der Waals surface area contributed by atoms with Crippen molar-refractivity contribution in [3.05, 3.63) is 27.7 Å². The highest BCUT2D eigenvalue weighted by Gasteiger charge is 2.42. The fourth-order valence-corrected chi connectivity index (χ4v) is 4.99. The van der Waals surface area contributed by atoms with Crippen molar-refractivity contribution in [2.75, 3.05) is 6.61 Å². The normalized spacial score (nSPS) is 30.4. The first kappa shape index (κ1) is 12.9. The average molecular weight is 335 g/mol. The zero-order chi connectivity index (χ0) is 13.7. The number of carbonyl (C=O) groups excluding carboxylic acids is 1. The van der Waals surface area contributed by atoms with Crippen molar-refractivity contribution in [1.29, 1.82) is 0 Å². The molecular formula is C17H19BrO2. The van der Waals surface area contributed by atoms with Gasteiger partial charge in [-0.1, -0.05) is 22.4 Å². The van der Waals surface area contributed by atoms with Crippen molar-refractivity contribution in [1.82, 2.24) is 0 Å². The predicted molar refractivity (Wildman–Crippen MR) is 81.0 cm³/mol.